The summed E-state index contributed by atoms with van der Waals surface area (Å²) in [7, 11) is -7.59. The van der Waals surface area contributed by atoms with E-state index in [0.717, 1.165) is 6.26 Å². The van der Waals surface area contributed by atoms with Crippen molar-refractivity contribution in [2.75, 3.05) is 12.8 Å². The van der Waals surface area contributed by atoms with E-state index in [1.54, 1.807) is 31.2 Å². The number of aryl methyl sites for hydroxylation is 1. The van der Waals surface area contributed by atoms with Crippen molar-refractivity contribution in [3.8, 4) is 6.07 Å². The zero-order valence-corrected chi connectivity index (χ0v) is 17.6. The predicted molar refractivity (Wildman–Crippen MR) is 108 cm³/mol. The highest BCUT2D eigenvalue weighted by atomic mass is 32.2. The summed E-state index contributed by atoms with van der Waals surface area (Å²) in [6, 6.07) is 11.7. The van der Waals surface area contributed by atoms with Crippen LogP contribution in [0.15, 0.2) is 58.8 Å². The summed E-state index contributed by atoms with van der Waals surface area (Å²) in [5.41, 5.74) is 1.81. The van der Waals surface area contributed by atoms with Gasteiger partial charge in [0.2, 0.25) is 10.0 Å². The van der Waals surface area contributed by atoms with E-state index in [9.17, 15) is 16.8 Å². The van der Waals surface area contributed by atoms with Gasteiger partial charge in [-0.25, -0.2) is 16.8 Å². The quantitative estimate of drug-likeness (QED) is 0.644. The average molecular weight is 419 g/mol. The molecule has 0 unspecified atom stereocenters. The van der Waals surface area contributed by atoms with Crippen molar-refractivity contribution in [1.29, 1.82) is 5.26 Å². The van der Waals surface area contributed by atoms with Gasteiger partial charge >= 0.3 is 0 Å². The van der Waals surface area contributed by atoms with Crippen molar-refractivity contribution >= 4 is 19.9 Å². The zero-order chi connectivity index (χ0) is 21.1. The minimum atomic E-state index is -4.00. The lowest BCUT2D eigenvalue weighted by Crippen LogP contribution is -2.31. The molecule has 0 heterocycles. The summed E-state index contributed by atoms with van der Waals surface area (Å²) < 4.78 is 52.1. The second-order valence-electron chi connectivity index (χ2n) is 6.56. The molecule has 0 N–H and O–H groups in total. The number of hydrogen-bond acceptors (Lipinski definition) is 5. The van der Waals surface area contributed by atoms with Gasteiger partial charge in [0.25, 0.3) is 0 Å². The van der Waals surface area contributed by atoms with Crippen LogP contribution in [0.1, 0.15) is 22.3 Å². The minimum Gasteiger partial charge on any atom is -0.224 e. The van der Waals surface area contributed by atoms with Crippen LogP contribution in [0.2, 0.25) is 0 Å². The van der Waals surface area contributed by atoms with Crippen LogP contribution < -0.4 is 0 Å². The monoisotopic (exact) mass is 418 g/mol. The molecule has 2 aromatic carbocycles. The van der Waals surface area contributed by atoms with Crippen molar-refractivity contribution in [3.05, 3.63) is 71.3 Å². The summed E-state index contributed by atoms with van der Waals surface area (Å²) >= 11 is 0. The summed E-state index contributed by atoms with van der Waals surface area (Å²) in [6.45, 7) is 6.85. The molecule has 0 bridgehead atoms. The van der Waals surface area contributed by atoms with Crippen LogP contribution in [0, 0.1) is 25.2 Å². The molecule has 2 aromatic rings. The highest BCUT2D eigenvalue weighted by molar-refractivity contribution is 7.91. The van der Waals surface area contributed by atoms with Crippen LogP contribution in [0.25, 0.3) is 0 Å². The van der Waals surface area contributed by atoms with E-state index in [0.29, 0.717) is 16.7 Å². The highest BCUT2D eigenvalue weighted by Gasteiger charge is 2.28. The van der Waals surface area contributed by atoms with Gasteiger partial charge in [0, 0.05) is 19.3 Å². The first kappa shape index (κ1) is 21.8. The van der Waals surface area contributed by atoms with E-state index in [2.05, 4.69) is 6.58 Å². The third kappa shape index (κ3) is 4.68. The number of sulfonamides is 1. The Kier molecular flexibility index (Phi) is 6.44. The Hall–Kier alpha value is -2.47. The fraction of sp³-hybridized carbons (Fsp3) is 0.250. The zero-order valence-electron chi connectivity index (χ0n) is 16.0. The molecule has 0 spiro atoms. The van der Waals surface area contributed by atoms with Gasteiger partial charge in [-0.05, 0) is 54.8 Å². The second kappa shape index (κ2) is 8.27. The van der Waals surface area contributed by atoms with Gasteiger partial charge in [0.1, 0.15) is 0 Å². The van der Waals surface area contributed by atoms with E-state index in [1.165, 1.54) is 29.4 Å². The SMILES string of the molecule is C=CCN(Cc1cccc(C#N)c1)S(=O)(=O)c1cc(C)cc(S(C)(=O)=O)c1C. The van der Waals surface area contributed by atoms with Gasteiger partial charge in [-0.15, -0.1) is 6.58 Å². The minimum absolute atomic E-state index is 0.00361. The first-order valence-electron chi connectivity index (χ1n) is 8.42. The average Bonchev–Trinajstić information content (AvgIpc) is 2.62. The van der Waals surface area contributed by atoms with Crippen LogP contribution >= 0.6 is 0 Å². The number of rotatable bonds is 7. The number of sulfone groups is 1. The predicted octanol–water partition coefficient (Wildman–Crippen LogP) is 2.96. The van der Waals surface area contributed by atoms with Gasteiger partial charge in [-0.1, -0.05) is 18.2 Å². The Morgan fingerprint density at radius 2 is 1.75 bits per heavy atom. The van der Waals surface area contributed by atoms with E-state index < -0.39 is 19.9 Å². The van der Waals surface area contributed by atoms with Gasteiger partial charge < -0.3 is 0 Å². The maximum atomic E-state index is 13.4. The van der Waals surface area contributed by atoms with Gasteiger partial charge in [-0.2, -0.15) is 9.57 Å². The number of hydrogen-bond donors (Lipinski definition) is 0. The maximum Gasteiger partial charge on any atom is 0.243 e. The molecular weight excluding hydrogens is 396 g/mol. The Bertz CT molecular complexity index is 1160. The molecule has 0 aliphatic carbocycles. The fourth-order valence-electron chi connectivity index (χ4n) is 2.92. The highest BCUT2D eigenvalue weighted by Crippen LogP contribution is 2.28. The molecule has 8 heteroatoms. The maximum absolute atomic E-state index is 13.4. The lowest BCUT2D eigenvalue weighted by atomic mass is 10.1. The van der Waals surface area contributed by atoms with E-state index >= 15 is 0 Å². The van der Waals surface area contributed by atoms with Crippen molar-refractivity contribution in [2.24, 2.45) is 0 Å². The molecule has 0 saturated heterocycles. The molecule has 0 aliphatic rings. The van der Waals surface area contributed by atoms with Crippen molar-refractivity contribution in [1.82, 2.24) is 4.31 Å². The Morgan fingerprint density at radius 3 is 2.32 bits per heavy atom. The third-order valence-corrected chi connectivity index (χ3v) is 7.38. The van der Waals surface area contributed by atoms with Crippen LogP contribution in [0.4, 0.5) is 0 Å². The van der Waals surface area contributed by atoms with E-state index in [1.807, 2.05) is 6.07 Å². The lowest BCUT2D eigenvalue weighted by Gasteiger charge is -2.23. The molecule has 2 rings (SSSR count). The standard InChI is InChI=1S/C20H22N2O4S2/c1-5-9-22(14-18-8-6-7-17(12-18)13-21)28(25,26)20-11-15(2)10-19(16(20)3)27(4,23)24/h5-8,10-12H,1,9,14H2,2-4H3. The summed E-state index contributed by atoms with van der Waals surface area (Å²) in [5, 5.41) is 9.06. The molecule has 0 aliphatic heterocycles. The molecule has 6 nitrogen and oxygen atoms in total. The van der Waals surface area contributed by atoms with Crippen molar-refractivity contribution < 1.29 is 16.8 Å². The molecule has 0 saturated carbocycles. The van der Waals surface area contributed by atoms with Crippen molar-refractivity contribution in [3.63, 3.8) is 0 Å². The largest absolute Gasteiger partial charge is 0.243 e. The van der Waals surface area contributed by atoms with Crippen LogP contribution in [0.3, 0.4) is 0 Å². The van der Waals surface area contributed by atoms with Crippen LogP contribution in [-0.4, -0.2) is 33.9 Å². The van der Waals surface area contributed by atoms with Gasteiger partial charge in [0.05, 0.1) is 21.4 Å². The molecule has 0 aromatic heterocycles. The lowest BCUT2D eigenvalue weighted by molar-refractivity contribution is 0.438. The summed E-state index contributed by atoms with van der Waals surface area (Å²) in [5.74, 6) is 0. The van der Waals surface area contributed by atoms with E-state index in [-0.39, 0.29) is 28.4 Å². The van der Waals surface area contributed by atoms with Crippen LogP contribution in [0.5, 0.6) is 0 Å². The fourth-order valence-corrected chi connectivity index (χ4v) is 5.78. The second-order valence-corrected chi connectivity index (χ2v) is 10.4. The van der Waals surface area contributed by atoms with Gasteiger partial charge in [0.15, 0.2) is 9.84 Å². The van der Waals surface area contributed by atoms with Crippen molar-refractivity contribution in [2.45, 2.75) is 30.2 Å². The molecular formula is C20H22N2O4S2. The molecule has 28 heavy (non-hydrogen) atoms. The molecule has 0 atom stereocenters. The molecule has 0 radical (unpaired) electrons. The Balaban J connectivity index is 2.60. The van der Waals surface area contributed by atoms with E-state index in [4.69, 9.17) is 5.26 Å². The number of benzene rings is 2. The molecule has 0 fully saturated rings. The molecule has 148 valence electrons. The van der Waals surface area contributed by atoms with Crippen LogP contribution in [-0.2, 0) is 26.4 Å². The summed E-state index contributed by atoms with van der Waals surface area (Å²) in [6.07, 6.45) is 2.52. The first-order chi connectivity index (χ1) is 13.0. The Labute approximate surface area is 166 Å². The number of nitriles is 1. The first-order valence-corrected chi connectivity index (χ1v) is 11.7. The number of nitrogens with zero attached hydrogens (tertiary/aromatic N) is 2. The smallest absolute Gasteiger partial charge is 0.224 e. The van der Waals surface area contributed by atoms with Gasteiger partial charge in [-0.3, -0.25) is 0 Å². The third-order valence-electron chi connectivity index (χ3n) is 4.22. The normalized spacial score (nSPS) is 12.0. The molecule has 0 amide bonds. The summed E-state index contributed by atoms with van der Waals surface area (Å²) in [4.78, 5) is -0.0534. The topological polar surface area (TPSA) is 95.3 Å². The Morgan fingerprint density at radius 1 is 1.11 bits per heavy atom.